The molecule has 1 fully saturated rings. The molecular weight excluding hydrogens is 474 g/mol. The van der Waals surface area contributed by atoms with E-state index in [4.69, 9.17) is 18.4 Å². The van der Waals surface area contributed by atoms with Gasteiger partial charge in [-0.2, -0.15) is 8.42 Å². The normalized spacial score (nSPS) is 15.6. The molecule has 0 spiro atoms. The van der Waals surface area contributed by atoms with E-state index in [1.165, 1.54) is 0 Å². The molecule has 2 heterocycles. The van der Waals surface area contributed by atoms with Crippen LogP contribution in [0.4, 0.5) is 0 Å². The Labute approximate surface area is 207 Å². The minimum Gasteiger partial charge on any atom is -0.497 e. The number of methoxy groups -OCH3 is 1. The zero-order valence-corrected chi connectivity index (χ0v) is 22.1. The lowest BCUT2D eigenvalue weighted by Crippen LogP contribution is -2.38. The lowest BCUT2D eigenvalue weighted by molar-refractivity contribution is -0.156. The Morgan fingerprint density at radius 2 is 2.03 bits per heavy atom. The van der Waals surface area contributed by atoms with Gasteiger partial charge in [0.05, 0.1) is 31.4 Å². The third-order valence-electron chi connectivity index (χ3n) is 5.93. The van der Waals surface area contributed by atoms with Crippen LogP contribution in [-0.4, -0.2) is 95.6 Å². The molecule has 0 unspecified atom stereocenters. The molecule has 0 N–H and O–H groups in total. The van der Waals surface area contributed by atoms with Crippen LogP contribution >= 0.6 is 0 Å². The van der Waals surface area contributed by atoms with E-state index in [-0.39, 0.29) is 13.2 Å². The second-order valence-electron chi connectivity index (χ2n) is 9.64. The van der Waals surface area contributed by atoms with Gasteiger partial charge < -0.3 is 19.1 Å². The highest BCUT2D eigenvalue weighted by Crippen LogP contribution is 2.29. The standard InChI is InChI=1S/C24H37N3O7S/c1-24(2,23(28)33-14-12-26-10-6-13-32-18-26)17-34-35(29,30)27-16-19(9-11-25(3)4)21-15-20(31-5)7-8-22(21)27/h7-8,15-16H,6,9-14,17-18H2,1-5H3. The van der Waals surface area contributed by atoms with Gasteiger partial charge in [-0.1, -0.05) is 0 Å². The van der Waals surface area contributed by atoms with Crippen molar-refractivity contribution in [3.8, 4) is 5.75 Å². The van der Waals surface area contributed by atoms with Crippen LogP contribution in [0.15, 0.2) is 24.4 Å². The summed E-state index contributed by atoms with van der Waals surface area (Å²) in [6.07, 6.45) is 3.18. The van der Waals surface area contributed by atoms with Crippen LogP contribution in [0.1, 0.15) is 25.8 Å². The molecule has 10 nitrogen and oxygen atoms in total. The van der Waals surface area contributed by atoms with Gasteiger partial charge in [0.2, 0.25) is 0 Å². The lowest BCUT2D eigenvalue weighted by Gasteiger charge is -2.27. The van der Waals surface area contributed by atoms with E-state index in [1.54, 1.807) is 39.3 Å². The quantitative estimate of drug-likeness (QED) is 0.397. The van der Waals surface area contributed by atoms with Gasteiger partial charge in [-0.05, 0) is 64.5 Å². The number of hydrogen-bond donors (Lipinski definition) is 0. The SMILES string of the molecule is COc1ccc2c(c1)c(CCN(C)C)cn2S(=O)(=O)OCC(C)(C)C(=O)OCCN1CCCOC1. The minimum absolute atomic E-state index is 0.206. The summed E-state index contributed by atoms with van der Waals surface area (Å²) < 4.78 is 48.9. The molecular formula is C24H37N3O7S. The Morgan fingerprint density at radius 1 is 1.26 bits per heavy atom. The maximum absolute atomic E-state index is 13.2. The first-order valence-electron chi connectivity index (χ1n) is 11.7. The molecule has 1 aromatic heterocycles. The Balaban J connectivity index is 1.69. The monoisotopic (exact) mass is 511 g/mol. The predicted octanol–water partition coefficient (Wildman–Crippen LogP) is 2.11. The van der Waals surface area contributed by atoms with Crippen molar-refractivity contribution in [2.45, 2.75) is 26.7 Å². The minimum atomic E-state index is -4.20. The Kier molecular flexibility index (Phi) is 9.16. The molecule has 0 radical (unpaired) electrons. The third-order valence-corrected chi connectivity index (χ3v) is 7.13. The van der Waals surface area contributed by atoms with E-state index in [1.807, 2.05) is 25.1 Å². The van der Waals surface area contributed by atoms with E-state index < -0.39 is 21.7 Å². The Morgan fingerprint density at radius 3 is 2.69 bits per heavy atom. The van der Waals surface area contributed by atoms with Crippen molar-refractivity contribution in [3.05, 3.63) is 30.0 Å². The van der Waals surface area contributed by atoms with Crippen molar-refractivity contribution in [1.29, 1.82) is 0 Å². The molecule has 3 rings (SSSR count). The number of nitrogens with zero attached hydrogens (tertiary/aromatic N) is 3. The average molecular weight is 512 g/mol. The highest BCUT2D eigenvalue weighted by atomic mass is 32.2. The second kappa shape index (κ2) is 11.7. The molecule has 1 saturated heterocycles. The lowest BCUT2D eigenvalue weighted by atomic mass is 9.95. The first-order chi connectivity index (χ1) is 16.5. The summed E-state index contributed by atoms with van der Waals surface area (Å²) >= 11 is 0. The second-order valence-corrected chi connectivity index (χ2v) is 11.1. The summed E-state index contributed by atoms with van der Waals surface area (Å²) in [7, 11) is 1.29. The van der Waals surface area contributed by atoms with E-state index in [0.29, 0.717) is 31.0 Å². The van der Waals surface area contributed by atoms with Crippen LogP contribution in [0.3, 0.4) is 0 Å². The van der Waals surface area contributed by atoms with E-state index in [2.05, 4.69) is 4.90 Å². The topological polar surface area (TPSA) is 99.5 Å². The number of carbonyl (C=O) groups is 1. The van der Waals surface area contributed by atoms with Gasteiger partial charge in [0, 0.05) is 37.8 Å². The van der Waals surface area contributed by atoms with E-state index in [9.17, 15) is 13.2 Å². The zero-order valence-electron chi connectivity index (χ0n) is 21.3. The van der Waals surface area contributed by atoms with Crippen LogP contribution in [0.5, 0.6) is 5.75 Å². The highest BCUT2D eigenvalue weighted by Gasteiger charge is 2.33. The molecule has 1 aromatic carbocycles. The molecule has 2 aromatic rings. The van der Waals surface area contributed by atoms with Gasteiger partial charge in [0.1, 0.15) is 12.4 Å². The van der Waals surface area contributed by atoms with E-state index >= 15 is 0 Å². The van der Waals surface area contributed by atoms with Gasteiger partial charge in [-0.3, -0.25) is 13.9 Å². The van der Waals surface area contributed by atoms with Crippen molar-refractivity contribution in [2.75, 3.05) is 67.4 Å². The molecule has 196 valence electrons. The fourth-order valence-corrected chi connectivity index (χ4v) is 4.94. The average Bonchev–Trinajstić information content (AvgIpc) is 3.21. The number of benzene rings is 1. The number of aromatic nitrogens is 1. The number of ether oxygens (including phenoxy) is 3. The molecule has 11 heteroatoms. The van der Waals surface area contributed by atoms with Gasteiger partial charge in [0.15, 0.2) is 0 Å². The maximum Gasteiger partial charge on any atom is 0.366 e. The maximum atomic E-state index is 13.2. The summed E-state index contributed by atoms with van der Waals surface area (Å²) in [5.41, 5.74) is 0.203. The molecule has 35 heavy (non-hydrogen) atoms. The Bertz CT molecular complexity index is 1110. The van der Waals surface area contributed by atoms with Crippen molar-refractivity contribution < 1.29 is 31.6 Å². The number of fused-ring (bicyclic) bond motifs is 1. The van der Waals surface area contributed by atoms with E-state index in [0.717, 1.165) is 41.0 Å². The Hall–Kier alpha value is -2.18. The van der Waals surface area contributed by atoms with Crippen LogP contribution in [0.2, 0.25) is 0 Å². The van der Waals surface area contributed by atoms with Crippen LogP contribution in [-0.2, 0) is 35.2 Å². The van der Waals surface area contributed by atoms with Crippen molar-refractivity contribution in [1.82, 2.24) is 13.8 Å². The highest BCUT2D eigenvalue weighted by molar-refractivity contribution is 7.85. The summed E-state index contributed by atoms with van der Waals surface area (Å²) in [4.78, 5) is 16.7. The van der Waals surface area contributed by atoms with Gasteiger partial charge in [0.25, 0.3) is 0 Å². The molecule has 1 aliphatic heterocycles. The molecule has 0 saturated carbocycles. The van der Waals surface area contributed by atoms with Crippen molar-refractivity contribution >= 4 is 27.2 Å². The summed E-state index contributed by atoms with van der Waals surface area (Å²) in [6, 6.07) is 5.22. The van der Waals surface area contributed by atoms with Crippen LogP contribution in [0, 0.1) is 5.41 Å². The molecule has 0 atom stereocenters. The smallest absolute Gasteiger partial charge is 0.366 e. The van der Waals surface area contributed by atoms with Gasteiger partial charge >= 0.3 is 16.3 Å². The van der Waals surface area contributed by atoms with Gasteiger partial charge in [-0.25, -0.2) is 3.97 Å². The molecule has 1 aliphatic rings. The number of esters is 1. The largest absolute Gasteiger partial charge is 0.497 e. The number of rotatable bonds is 12. The van der Waals surface area contributed by atoms with Crippen LogP contribution in [0.25, 0.3) is 10.9 Å². The molecule has 0 aliphatic carbocycles. The van der Waals surface area contributed by atoms with Crippen molar-refractivity contribution in [2.24, 2.45) is 5.41 Å². The number of likely N-dealkylation sites (N-methyl/N-ethyl adjacent to an activating group) is 1. The van der Waals surface area contributed by atoms with Gasteiger partial charge in [-0.15, -0.1) is 0 Å². The molecule has 0 bridgehead atoms. The zero-order chi connectivity index (χ0) is 25.6. The summed E-state index contributed by atoms with van der Waals surface area (Å²) in [6.45, 7) is 6.56. The van der Waals surface area contributed by atoms with Crippen LogP contribution < -0.4 is 4.74 Å². The predicted molar refractivity (Wildman–Crippen MR) is 133 cm³/mol. The first kappa shape index (κ1) is 27.4. The van der Waals surface area contributed by atoms with Crippen molar-refractivity contribution in [3.63, 3.8) is 0 Å². The fraction of sp³-hybridized carbons (Fsp3) is 0.625. The first-order valence-corrected chi connectivity index (χ1v) is 13.1. The number of hydrogen-bond acceptors (Lipinski definition) is 9. The number of carbonyl (C=O) groups excluding carboxylic acids is 1. The molecule has 0 amide bonds. The fourth-order valence-electron chi connectivity index (χ4n) is 3.73. The summed E-state index contributed by atoms with van der Waals surface area (Å²) in [5, 5.41) is 0.777. The third kappa shape index (κ3) is 7.17. The summed E-state index contributed by atoms with van der Waals surface area (Å²) in [5.74, 6) is 0.124.